The third kappa shape index (κ3) is 8.46. The largest absolute Gasteiger partial charge is 0.497 e. The van der Waals surface area contributed by atoms with Crippen molar-refractivity contribution in [1.29, 1.82) is 0 Å². The van der Waals surface area contributed by atoms with Crippen molar-refractivity contribution in [3.63, 3.8) is 0 Å². The summed E-state index contributed by atoms with van der Waals surface area (Å²) >= 11 is 18.4. The van der Waals surface area contributed by atoms with Gasteiger partial charge < -0.3 is 30.2 Å². The molecule has 1 unspecified atom stereocenters. The van der Waals surface area contributed by atoms with Crippen LogP contribution in [0.4, 0.5) is 16.2 Å². The van der Waals surface area contributed by atoms with Crippen molar-refractivity contribution in [2.75, 3.05) is 32.0 Å². The Bertz CT molecular complexity index is 1900. The summed E-state index contributed by atoms with van der Waals surface area (Å²) < 4.78 is 42.8. The minimum Gasteiger partial charge on any atom is -0.497 e. The fourth-order valence-electron chi connectivity index (χ4n) is 4.47. The summed E-state index contributed by atoms with van der Waals surface area (Å²) in [5, 5.41) is 8.24. The summed E-state index contributed by atoms with van der Waals surface area (Å²) in [5.74, 6) is -0.940. The first-order chi connectivity index (χ1) is 22.4. The Morgan fingerprint density at radius 3 is 2.09 bits per heavy atom. The number of hydrogen-bond acceptors (Lipinski definition) is 8. The van der Waals surface area contributed by atoms with E-state index in [-0.39, 0.29) is 54.0 Å². The minimum absolute atomic E-state index is 0.00757. The fraction of sp³-hybridized carbons (Fsp3) is 0.156. The lowest BCUT2D eigenvalue weighted by Gasteiger charge is -2.19. The maximum Gasteiger partial charge on any atom is 0.328 e. The highest BCUT2D eigenvalue weighted by Gasteiger charge is 2.28. The summed E-state index contributed by atoms with van der Waals surface area (Å²) in [5.41, 5.74) is 1.00. The number of halogens is 3. The third-order valence-electron chi connectivity index (χ3n) is 6.77. The lowest BCUT2D eigenvalue weighted by Crippen LogP contribution is -2.45. The lowest BCUT2D eigenvalue weighted by molar-refractivity contribution is -0.142. The Balaban J connectivity index is 1.52. The minimum atomic E-state index is -4.28. The van der Waals surface area contributed by atoms with Gasteiger partial charge in [0.05, 0.1) is 47.5 Å². The second kappa shape index (κ2) is 15.4. The number of amides is 3. The highest BCUT2D eigenvalue weighted by molar-refractivity contribution is 7.91. The number of rotatable bonds is 11. The van der Waals surface area contributed by atoms with Crippen molar-refractivity contribution >= 4 is 73.9 Å². The summed E-state index contributed by atoms with van der Waals surface area (Å²) in [6.45, 7) is 0. The Morgan fingerprint density at radius 1 is 0.787 bits per heavy atom. The van der Waals surface area contributed by atoms with E-state index in [9.17, 15) is 22.8 Å². The number of sulfone groups is 1. The van der Waals surface area contributed by atoms with Gasteiger partial charge in [-0.05, 0) is 60.2 Å². The van der Waals surface area contributed by atoms with E-state index in [0.29, 0.717) is 11.3 Å². The number of carbonyl (C=O) groups excluding carboxylic acids is 3. The van der Waals surface area contributed by atoms with E-state index in [4.69, 9.17) is 49.0 Å². The standard InChI is InChI=1S/C32H28Cl3N3O8S/c1-44-21-12-13-26(45-2)28(17-21)47(42,43)27-14-9-19(33)16-24(27)37-32(41)38-25(31(40)46-3)15-18-7-10-20(11-8-18)36-30(39)29-22(34)5-4-6-23(29)35/h4-14,16-17,25H,15H2,1-3H3,(H,36,39)(H2,37,38,41). The molecule has 4 rings (SSSR count). The first-order valence-electron chi connectivity index (χ1n) is 13.6. The molecule has 0 spiro atoms. The van der Waals surface area contributed by atoms with E-state index in [0.717, 1.165) is 7.11 Å². The van der Waals surface area contributed by atoms with Gasteiger partial charge in [-0.3, -0.25) is 4.79 Å². The number of carbonyl (C=O) groups is 3. The van der Waals surface area contributed by atoms with Crippen molar-refractivity contribution in [3.8, 4) is 11.5 Å². The number of anilines is 2. The van der Waals surface area contributed by atoms with Crippen molar-refractivity contribution < 1.29 is 37.0 Å². The van der Waals surface area contributed by atoms with E-state index in [1.807, 2.05) is 0 Å². The van der Waals surface area contributed by atoms with E-state index in [1.54, 1.807) is 48.5 Å². The van der Waals surface area contributed by atoms with E-state index < -0.39 is 33.8 Å². The molecule has 0 radical (unpaired) electrons. The first-order valence-corrected chi connectivity index (χ1v) is 16.3. The fourth-order valence-corrected chi connectivity index (χ4v) is 6.78. The van der Waals surface area contributed by atoms with E-state index in [1.165, 1.54) is 44.6 Å². The normalized spacial score (nSPS) is 11.6. The molecule has 0 aliphatic heterocycles. The number of ether oxygens (including phenoxy) is 3. The molecular weight excluding hydrogens is 693 g/mol. The molecule has 0 aromatic heterocycles. The average molecular weight is 721 g/mol. The molecule has 4 aromatic rings. The van der Waals surface area contributed by atoms with Crippen molar-refractivity contribution in [2.45, 2.75) is 22.3 Å². The van der Waals surface area contributed by atoms with Crippen LogP contribution < -0.4 is 25.4 Å². The van der Waals surface area contributed by atoms with Crippen LogP contribution in [0.2, 0.25) is 15.1 Å². The average Bonchev–Trinajstić information content (AvgIpc) is 3.04. The van der Waals surface area contributed by atoms with Crippen LogP contribution in [0.25, 0.3) is 0 Å². The second-order valence-electron chi connectivity index (χ2n) is 9.79. The molecule has 0 saturated heterocycles. The molecule has 11 nitrogen and oxygen atoms in total. The van der Waals surface area contributed by atoms with Crippen LogP contribution in [0.3, 0.4) is 0 Å². The molecule has 3 amide bonds. The predicted molar refractivity (Wildman–Crippen MR) is 179 cm³/mol. The van der Waals surface area contributed by atoms with Crippen molar-refractivity contribution in [2.24, 2.45) is 0 Å². The molecule has 0 heterocycles. The summed E-state index contributed by atoms with van der Waals surface area (Å²) in [6.07, 6.45) is -0.00757. The second-order valence-corrected chi connectivity index (χ2v) is 12.9. The van der Waals surface area contributed by atoms with Crippen LogP contribution in [0, 0.1) is 0 Å². The topological polar surface area (TPSA) is 149 Å². The molecule has 246 valence electrons. The number of nitrogens with one attached hydrogen (secondary N) is 3. The highest BCUT2D eigenvalue weighted by atomic mass is 35.5. The van der Waals surface area contributed by atoms with Gasteiger partial charge in [-0.25, -0.2) is 18.0 Å². The zero-order chi connectivity index (χ0) is 34.3. The van der Waals surface area contributed by atoms with Crippen LogP contribution in [-0.4, -0.2) is 53.7 Å². The van der Waals surface area contributed by atoms with E-state index in [2.05, 4.69) is 16.0 Å². The molecule has 3 N–H and O–H groups in total. The number of benzene rings is 4. The molecule has 0 fully saturated rings. The zero-order valence-corrected chi connectivity index (χ0v) is 28.2. The van der Waals surface area contributed by atoms with Gasteiger partial charge in [-0.1, -0.05) is 53.0 Å². The molecule has 0 bridgehead atoms. The smallest absolute Gasteiger partial charge is 0.328 e. The highest BCUT2D eigenvalue weighted by Crippen LogP contribution is 2.36. The molecule has 0 aliphatic carbocycles. The molecule has 1 atom stereocenters. The summed E-state index contributed by atoms with van der Waals surface area (Å²) in [4.78, 5) is 38.0. The first kappa shape index (κ1) is 35.4. The molecule has 47 heavy (non-hydrogen) atoms. The van der Waals surface area contributed by atoms with E-state index >= 15 is 0 Å². The maximum atomic E-state index is 13.8. The number of esters is 1. The summed E-state index contributed by atoms with van der Waals surface area (Å²) in [7, 11) is -0.409. The quantitative estimate of drug-likeness (QED) is 0.146. The lowest BCUT2D eigenvalue weighted by atomic mass is 10.1. The molecular formula is C32H28Cl3N3O8S. The van der Waals surface area contributed by atoms with Gasteiger partial charge in [0.25, 0.3) is 5.91 Å². The Morgan fingerprint density at radius 2 is 1.47 bits per heavy atom. The summed E-state index contributed by atoms with van der Waals surface area (Å²) in [6, 6.07) is 17.2. The Hall–Kier alpha value is -4.49. The van der Waals surface area contributed by atoms with Gasteiger partial charge in [-0.2, -0.15) is 0 Å². The monoisotopic (exact) mass is 719 g/mol. The number of urea groups is 1. The molecule has 4 aromatic carbocycles. The predicted octanol–water partition coefficient (Wildman–Crippen LogP) is 6.65. The van der Waals surface area contributed by atoms with Crippen molar-refractivity contribution in [3.05, 3.63) is 105 Å². The van der Waals surface area contributed by atoms with Gasteiger partial charge >= 0.3 is 12.0 Å². The SMILES string of the molecule is COC(=O)C(Cc1ccc(NC(=O)c2c(Cl)cccc2Cl)cc1)NC(=O)Nc1cc(Cl)ccc1S(=O)(=O)c1cc(OC)ccc1OC. The third-order valence-corrected chi connectivity index (χ3v) is 9.47. The van der Waals surface area contributed by atoms with Gasteiger partial charge in [0, 0.05) is 23.2 Å². The van der Waals surface area contributed by atoms with Gasteiger partial charge in [0.15, 0.2) is 0 Å². The molecule has 15 heteroatoms. The molecule has 0 aliphatic rings. The maximum absolute atomic E-state index is 13.8. The van der Waals surface area contributed by atoms with Gasteiger partial charge in [-0.15, -0.1) is 0 Å². The van der Waals surface area contributed by atoms with Crippen molar-refractivity contribution in [1.82, 2.24) is 5.32 Å². The zero-order valence-electron chi connectivity index (χ0n) is 25.1. The number of hydrogen-bond donors (Lipinski definition) is 3. The Labute approximate surface area is 286 Å². The van der Waals surface area contributed by atoms with Crippen LogP contribution in [0.5, 0.6) is 11.5 Å². The van der Waals surface area contributed by atoms with Crippen LogP contribution in [-0.2, 0) is 25.8 Å². The van der Waals surface area contributed by atoms with Gasteiger partial charge in [0.2, 0.25) is 9.84 Å². The van der Waals surface area contributed by atoms with Crippen LogP contribution >= 0.6 is 34.8 Å². The molecule has 0 saturated carbocycles. The van der Waals surface area contributed by atoms with Gasteiger partial charge in [0.1, 0.15) is 22.4 Å². The van der Waals surface area contributed by atoms with Crippen LogP contribution in [0.15, 0.2) is 88.7 Å². The number of methoxy groups -OCH3 is 3. The van der Waals surface area contributed by atoms with Crippen LogP contribution in [0.1, 0.15) is 15.9 Å². The Kier molecular flexibility index (Phi) is 11.6.